The average molecular weight is 551 g/mol. The molecule has 3 rings (SSSR count). The normalized spacial score (nSPS) is 19.6. The SMILES string of the molecule is CC(C)CC(C(=O)O)C1(C(F)(F)F)CC(c2ccccc2)=CC(Oc2cc(F)cc(C(F)(F)F)c2)=C1Cl. The maximum Gasteiger partial charge on any atom is 0.416 e. The Hall–Kier alpha value is -3.01. The number of alkyl halides is 6. The van der Waals surface area contributed by atoms with Gasteiger partial charge in [-0.15, -0.1) is 0 Å². The van der Waals surface area contributed by atoms with Crippen LogP contribution in [0.5, 0.6) is 5.75 Å². The first-order chi connectivity index (χ1) is 17.1. The summed E-state index contributed by atoms with van der Waals surface area (Å²) in [4.78, 5) is 12.2. The molecule has 0 radical (unpaired) electrons. The molecule has 0 aromatic heterocycles. The minimum absolute atomic E-state index is 0.000205. The summed E-state index contributed by atoms with van der Waals surface area (Å²) in [7, 11) is 0. The molecule has 0 saturated carbocycles. The van der Waals surface area contributed by atoms with Crippen molar-refractivity contribution in [3.05, 3.63) is 82.3 Å². The van der Waals surface area contributed by atoms with Crippen LogP contribution in [0.25, 0.3) is 5.57 Å². The Balaban J connectivity index is 2.29. The van der Waals surface area contributed by atoms with Gasteiger partial charge in [-0.2, -0.15) is 26.3 Å². The zero-order valence-electron chi connectivity index (χ0n) is 19.6. The molecule has 2 aromatic carbocycles. The number of aliphatic carboxylic acids is 1. The molecule has 37 heavy (non-hydrogen) atoms. The van der Waals surface area contributed by atoms with Gasteiger partial charge in [0.15, 0.2) is 0 Å². The molecule has 0 heterocycles. The Morgan fingerprint density at radius 1 is 1.08 bits per heavy atom. The topological polar surface area (TPSA) is 46.5 Å². The summed E-state index contributed by atoms with van der Waals surface area (Å²) in [5, 5.41) is 8.86. The molecule has 1 N–H and O–H groups in total. The summed E-state index contributed by atoms with van der Waals surface area (Å²) in [6, 6.07) is 8.90. The Labute approximate surface area is 213 Å². The van der Waals surface area contributed by atoms with Crippen LogP contribution in [0, 0.1) is 23.1 Å². The summed E-state index contributed by atoms with van der Waals surface area (Å²) in [5.41, 5.74) is -4.29. The highest BCUT2D eigenvalue weighted by Gasteiger charge is 2.65. The van der Waals surface area contributed by atoms with Gasteiger partial charge in [-0.1, -0.05) is 55.8 Å². The van der Waals surface area contributed by atoms with Crippen molar-refractivity contribution in [1.82, 2.24) is 0 Å². The molecule has 3 nitrogen and oxygen atoms in total. The maximum absolute atomic E-state index is 14.9. The van der Waals surface area contributed by atoms with Crippen LogP contribution >= 0.6 is 11.6 Å². The summed E-state index contributed by atoms with van der Waals surface area (Å²) in [6.07, 6.45) is -10.3. The van der Waals surface area contributed by atoms with Gasteiger partial charge in [-0.3, -0.25) is 4.79 Å². The van der Waals surface area contributed by atoms with Gasteiger partial charge in [-0.25, -0.2) is 4.39 Å². The van der Waals surface area contributed by atoms with Crippen molar-refractivity contribution in [2.45, 2.75) is 39.0 Å². The average Bonchev–Trinajstić information content (AvgIpc) is 2.77. The van der Waals surface area contributed by atoms with Crippen molar-refractivity contribution in [1.29, 1.82) is 0 Å². The minimum Gasteiger partial charge on any atom is -0.481 e. The largest absolute Gasteiger partial charge is 0.481 e. The van der Waals surface area contributed by atoms with E-state index in [0.717, 1.165) is 6.08 Å². The first-order valence-corrected chi connectivity index (χ1v) is 11.5. The van der Waals surface area contributed by atoms with E-state index in [1.54, 1.807) is 32.0 Å². The first-order valence-electron chi connectivity index (χ1n) is 11.1. The molecule has 1 aliphatic carbocycles. The van der Waals surface area contributed by atoms with Crippen LogP contribution in [0.4, 0.5) is 30.7 Å². The molecule has 0 spiro atoms. The second-order valence-corrected chi connectivity index (χ2v) is 9.53. The maximum atomic E-state index is 14.9. The van der Waals surface area contributed by atoms with Crippen molar-refractivity contribution in [2.24, 2.45) is 17.3 Å². The van der Waals surface area contributed by atoms with Gasteiger partial charge in [-0.05, 0) is 48.1 Å². The monoisotopic (exact) mass is 550 g/mol. The number of hydrogen-bond acceptors (Lipinski definition) is 2. The van der Waals surface area contributed by atoms with E-state index in [4.69, 9.17) is 16.3 Å². The van der Waals surface area contributed by atoms with Crippen LogP contribution < -0.4 is 4.74 Å². The molecular formula is C26H22ClF7O3. The van der Waals surface area contributed by atoms with Gasteiger partial charge in [0.1, 0.15) is 22.7 Å². The molecule has 2 aromatic rings. The summed E-state index contributed by atoms with van der Waals surface area (Å²) in [5.74, 6) is -7.09. The number of hydrogen-bond donors (Lipinski definition) is 1. The van der Waals surface area contributed by atoms with E-state index < -0.39 is 76.3 Å². The van der Waals surface area contributed by atoms with Gasteiger partial charge in [0.05, 0.1) is 16.5 Å². The van der Waals surface area contributed by atoms with Gasteiger partial charge in [0.2, 0.25) is 0 Å². The standard InChI is InChI=1S/C26H22ClF7O3/c1-14(2)8-20(23(35)36)24(26(32,33)34)13-16(15-6-4-3-5-7-15)9-21(22(24)27)37-19-11-17(25(29,30)31)10-18(28)12-19/h3-7,9-12,14,20H,8,13H2,1-2H3,(H,35,36). The van der Waals surface area contributed by atoms with Gasteiger partial charge in [0.25, 0.3) is 0 Å². The molecule has 11 heteroatoms. The van der Waals surface area contributed by atoms with Gasteiger partial charge < -0.3 is 9.84 Å². The zero-order valence-corrected chi connectivity index (χ0v) is 20.3. The Kier molecular flexibility index (Phi) is 8.02. The van der Waals surface area contributed by atoms with E-state index in [1.165, 1.54) is 12.1 Å². The molecular weight excluding hydrogens is 529 g/mol. The lowest BCUT2D eigenvalue weighted by atomic mass is 9.64. The fourth-order valence-corrected chi connectivity index (χ4v) is 4.78. The predicted molar refractivity (Wildman–Crippen MR) is 123 cm³/mol. The van der Waals surface area contributed by atoms with Crippen LogP contribution in [0.1, 0.15) is 37.8 Å². The molecule has 1 aliphatic rings. The van der Waals surface area contributed by atoms with Crippen molar-refractivity contribution >= 4 is 23.1 Å². The van der Waals surface area contributed by atoms with Crippen LogP contribution in [0.15, 0.2) is 65.4 Å². The number of carboxylic acid groups (broad SMARTS) is 1. The Morgan fingerprint density at radius 2 is 1.70 bits per heavy atom. The van der Waals surface area contributed by atoms with E-state index in [-0.39, 0.29) is 11.6 Å². The molecule has 0 amide bonds. The first kappa shape index (κ1) is 28.6. The summed E-state index contributed by atoms with van der Waals surface area (Å²) < 4.78 is 104. The molecule has 2 unspecified atom stereocenters. The third-order valence-electron chi connectivity index (χ3n) is 6.06. The van der Waals surface area contributed by atoms with Gasteiger partial charge >= 0.3 is 18.3 Å². The second kappa shape index (κ2) is 10.4. The van der Waals surface area contributed by atoms with Crippen molar-refractivity contribution in [3.8, 4) is 5.75 Å². The number of rotatable bonds is 7. The van der Waals surface area contributed by atoms with Crippen LogP contribution in [-0.4, -0.2) is 17.3 Å². The minimum atomic E-state index is -5.20. The lowest BCUT2D eigenvalue weighted by molar-refractivity contribution is -0.229. The third kappa shape index (κ3) is 5.95. The smallest absolute Gasteiger partial charge is 0.416 e. The number of carbonyl (C=O) groups is 1. The van der Waals surface area contributed by atoms with E-state index in [1.807, 2.05) is 0 Å². The highest BCUT2D eigenvalue weighted by Crippen LogP contribution is 2.60. The summed E-state index contributed by atoms with van der Waals surface area (Å²) >= 11 is 6.30. The molecule has 0 fully saturated rings. The predicted octanol–water partition coefficient (Wildman–Crippen LogP) is 8.46. The number of benzene rings is 2. The van der Waals surface area contributed by atoms with E-state index in [2.05, 4.69) is 0 Å². The molecule has 0 saturated heterocycles. The fourth-order valence-electron chi connectivity index (χ4n) is 4.38. The molecule has 0 bridgehead atoms. The molecule has 200 valence electrons. The Morgan fingerprint density at radius 3 is 2.22 bits per heavy atom. The van der Waals surface area contributed by atoms with Crippen LogP contribution in [0.3, 0.4) is 0 Å². The van der Waals surface area contributed by atoms with Crippen LogP contribution in [-0.2, 0) is 11.0 Å². The zero-order chi connectivity index (χ0) is 27.8. The van der Waals surface area contributed by atoms with Gasteiger partial charge in [0, 0.05) is 6.07 Å². The number of allylic oxidation sites excluding steroid dienone is 3. The number of ether oxygens (including phenoxy) is 1. The van der Waals surface area contributed by atoms with Crippen molar-refractivity contribution in [2.75, 3.05) is 0 Å². The number of halogens is 8. The van der Waals surface area contributed by atoms with Crippen LogP contribution in [0.2, 0.25) is 0 Å². The van der Waals surface area contributed by atoms with Crippen molar-refractivity contribution in [3.63, 3.8) is 0 Å². The van der Waals surface area contributed by atoms with E-state index in [9.17, 15) is 40.6 Å². The highest BCUT2D eigenvalue weighted by atomic mass is 35.5. The molecule has 0 aliphatic heterocycles. The summed E-state index contributed by atoms with van der Waals surface area (Å²) in [6.45, 7) is 3.11. The van der Waals surface area contributed by atoms with Crippen molar-refractivity contribution < 1.29 is 45.4 Å². The quantitative estimate of drug-likeness (QED) is 0.352. The lowest BCUT2D eigenvalue weighted by Gasteiger charge is -2.43. The van der Waals surface area contributed by atoms with E-state index >= 15 is 0 Å². The Bertz CT molecular complexity index is 1220. The molecule has 2 atom stereocenters. The fraction of sp³-hybridized carbons (Fsp3) is 0.346. The lowest BCUT2D eigenvalue weighted by Crippen LogP contribution is -2.50. The number of carboxylic acids is 1. The van der Waals surface area contributed by atoms with E-state index in [0.29, 0.717) is 17.7 Å². The third-order valence-corrected chi connectivity index (χ3v) is 6.58. The second-order valence-electron chi connectivity index (χ2n) is 9.16. The highest BCUT2D eigenvalue weighted by molar-refractivity contribution is 6.31.